The third-order valence-electron chi connectivity index (χ3n) is 6.91. The van der Waals surface area contributed by atoms with E-state index in [9.17, 15) is 17.6 Å². The van der Waals surface area contributed by atoms with Crippen molar-refractivity contribution in [3.63, 3.8) is 0 Å². The number of pyridine rings is 1. The zero-order chi connectivity index (χ0) is 21.5. The number of benzene rings is 1. The number of hydrogen-bond acceptors (Lipinski definition) is 3. The van der Waals surface area contributed by atoms with Gasteiger partial charge in [-0.1, -0.05) is 17.7 Å². The van der Waals surface area contributed by atoms with Gasteiger partial charge in [0.05, 0.1) is 6.61 Å². The summed E-state index contributed by atoms with van der Waals surface area (Å²) in [6.07, 6.45) is -0.597. The lowest BCUT2D eigenvalue weighted by atomic mass is 10.1. The fourth-order valence-electron chi connectivity index (χ4n) is 4.79. The van der Waals surface area contributed by atoms with Gasteiger partial charge in [-0.05, 0) is 54.7 Å². The zero-order valence-corrected chi connectivity index (χ0v) is 17.0. The summed E-state index contributed by atoms with van der Waals surface area (Å²) in [6, 6.07) is 5.80. The molecule has 2 aromatic heterocycles. The number of hydrogen-bond donors (Lipinski definition) is 0. The number of halogens is 5. The van der Waals surface area contributed by atoms with Crippen LogP contribution >= 0.6 is 11.6 Å². The smallest absolute Gasteiger partial charge is 0.423 e. The molecule has 9 heteroatoms. The van der Waals surface area contributed by atoms with E-state index < -0.39 is 17.6 Å². The summed E-state index contributed by atoms with van der Waals surface area (Å²) < 4.78 is 62.8. The molecular weight excluding hydrogens is 434 g/mol. The minimum atomic E-state index is -4.64. The molecule has 3 aromatic rings. The number of rotatable bonds is 6. The first-order chi connectivity index (χ1) is 14.8. The van der Waals surface area contributed by atoms with E-state index in [-0.39, 0.29) is 29.8 Å². The molecule has 0 saturated heterocycles. The van der Waals surface area contributed by atoms with E-state index in [4.69, 9.17) is 16.3 Å². The topological polar surface area (TPSA) is 39.4 Å². The molecule has 4 nitrogen and oxygen atoms in total. The van der Waals surface area contributed by atoms with Crippen molar-refractivity contribution in [2.45, 2.75) is 31.4 Å². The van der Waals surface area contributed by atoms with Crippen molar-refractivity contribution in [2.75, 3.05) is 6.61 Å². The Morgan fingerprint density at radius 3 is 2.61 bits per heavy atom. The van der Waals surface area contributed by atoms with E-state index in [1.807, 2.05) is 0 Å². The second kappa shape index (κ2) is 6.58. The Morgan fingerprint density at radius 2 is 1.94 bits per heavy atom. The summed E-state index contributed by atoms with van der Waals surface area (Å²) >= 11 is 6.10. The highest BCUT2D eigenvalue weighted by molar-refractivity contribution is 6.31. The normalized spacial score (nSPS) is 28.5. The van der Waals surface area contributed by atoms with Gasteiger partial charge < -0.3 is 4.74 Å². The molecule has 3 aliphatic carbocycles. The molecule has 0 radical (unpaired) electrons. The molecule has 3 aliphatic rings. The molecule has 1 aromatic carbocycles. The Balaban J connectivity index is 1.23. The van der Waals surface area contributed by atoms with Crippen LogP contribution in [0.15, 0.2) is 30.5 Å². The molecule has 4 atom stereocenters. The van der Waals surface area contributed by atoms with Gasteiger partial charge in [-0.15, -0.1) is 10.2 Å². The fourth-order valence-corrected chi connectivity index (χ4v) is 5.09. The Morgan fingerprint density at radius 1 is 1.13 bits per heavy atom. The summed E-state index contributed by atoms with van der Waals surface area (Å²) in [7, 11) is 0. The molecule has 0 bridgehead atoms. The third-order valence-corrected chi connectivity index (χ3v) is 7.24. The molecule has 3 fully saturated rings. The predicted molar refractivity (Wildman–Crippen MR) is 105 cm³/mol. The van der Waals surface area contributed by atoms with Crippen LogP contribution in [0, 0.1) is 29.5 Å². The Hall–Kier alpha value is -2.35. The van der Waals surface area contributed by atoms with Crippen LogP contribution in [-0.2, 0) is 12.6 Å². The van der Waals surface area contributed by atoms with E-state index in [1.54, 1.807) is 12.3 Å². The van der Waals surface area contributed by atoms with Gasteiger partial charge >= 0.3 is 6.18 Å². The Kier molecular flexibility index (Phi) is 4.10. The van der Waals surface area contributed by atoms with Crippen molar-refractivity contribution in [3.05, 3.63) is 58.3 Å². The summed E-state index contributed by atoms with van der Waals surface area (Å²) in [5.41, 5.74) is -0.751. The Labute approximate surface area is 180 Å². The second-order valence-electron chi connectivity index (χ2n) is 8.84. The minimum Gasteiger partial charge on any atom is -0.492 e. The average molecular weight is 452 g/mol. The molecule has 0 amide bonds. The molecule has 31 heavy (non-hydrogen) atoms. The number of aromatic nitrogens is 3. The summed E-state index contributed by atoms with van der Waals surface area (Å²) in [5, 5.41) is 8.19. The van der Waals surface area contributed by atoms with Crippen LogP contribution in [0.25, 0.3) is 5.65 Å². The standard InChI is InChI=1S/C22H18ClF4N3O/c23-15-2-1-3-16(24)19(15)11-6-10(11)9-31-17-4-5-30-18(8-14-12-7-13(12)14)28-29-21(30)20(17)22(25,26)27/h1-5,10-14H,6-9H2/t10-,11+,12?,13?,14?/m0/s1. The van der Waals surface area contributed by atoms with E-state index in [0.717, 1.165) is 11.8 Å². The number of alkyl halides is 3. The first-order valence-corrected chi connectivity index (χ1v) is 10.7. The first-order valence-electron chi connectivity index (χ1n) is 10.3. The van der Waals surface area contributed by atoms with E-state index >= 15 is 0 Å². The number of fused-ring (bicyclic) bond motifs is 2. The van der Waals surface area contributed by atoms with Gasteiger partial charge in [0, 0.05) is 29.1 Å². The van der Waals surface area contributed by atoms with Gasteiger partial charge in [-0.2, -0.15) is 13.2 Å². The highest BCUT2D eigenvalue weighted by atomic mass is 35.5. The van der Waals surface area contributed by atoms with Gasteiger partial charge in [-0.3, -0.25) is 4.40 Å². The van der Waals surface area contributed by atoms with Gasteiger partial charge in [0.25, 0.3) is 0 Å². The SMILES string of the molecule is Fc1cccc(Cl)c1[C@@H]1C[C@H]1COc1ccn2c(CC3C4CC34)nnc2c1C(F)(F)F. The molecule has 0 N–H and O–H groups in total. The van der Waals surface area contributed by atoms with Crippen LogP contribution in [0.5, 0.6) is 5.75 Å². The quantitative estimate of drug-likeness (QED) is 0.462. The third kappa shape index (κ3) is 3.26. The molecule has 0 spiro atoms. The monoisotopic (exact) mass is 451 g/mol. The Bertz CT molecular complexity index is 1170. The maximum atomic E-state index is 14.1. The van der Waals surface area contributed by atoms with Crippen molar-refractivity contribution in [1.82, 2.24) is 14.6 Å². The maximum absolute atomic E-state index is 14.1. The lowest BCUT2D eigenvalue weighted by molar-refractivity contribution is -0.138. The largest absolute Gasteiger partial charge is 0.492 e. The maximum Gasteiger partial charge on any atom is 0.423 e. The van der Waals surface area contributed by atoms with E-state index in [2.05, 4.69) is 10.2 Å². The van der Waals surface area contributed by atoms with Gasteiger partial charge in [0.15, 0.2) is 5.65 Å². The molecular formula is C22H18ClF4N3O. The van der Waals surface area contributed by atoms with Crippen LogP contribution in [0.2, 0.25) is 5.02 Å². The molecule has 162 valence electrons. The predicted octanol–water partition coefficient (Wildman–Crippen LogP) is 5.53. The summed E-state index contributed by atoms with van der Waals surface area (Å²) in [5.74, 6) is 1.62. The fraction of sp³-hybridized carbons (Fsp3) is 0.455. The first kappa shape index (κ1) is 19.3. The molecule has 0 aliphatic heterocycles. The molecule has 2 unspecified atom stereocenters. The minimum absolute atomic E-state index is 0.0427. The van der Waals surface area contributed by atoms with E-state index in [1.165, 1.54) is 29.0 Å². The molecule has 6 rings (SSSR count). The summed E-state index contributed by atoms with van der Waals surface area (Å²) in [6.45, 7) is 0.0427. The van der Waals surface area contributed by atoms with Crippen molar-refractivity contribution < 1.29 is 22.3 Å². The van der Waals surface area contributed by atoms with E-state index in [0.29, 0.717) is 35.2 Å². The zero-order valence-electron chi connectivity index (χ0n) is 16.2. The highest BCUT2D eigenvalue weighted by Gasteiger charge is 2.63. The lowest BCUT2D eigenvalue weighted by Gasteiger charge is -2.15. The number of ether oxygens (including phenoxy) is 1. The van der Waals surface area contributed by atoms with Crippen molar-refractivity contribution in [3.8, 4) is 5.75 Å². The average Bonchev–Trinajstić information content (AvgIpc) is 3.62. The van der Waals surface area contributed by atoms with Crippen LogP contribution < -0.4 is 4.74 Å². The molecule has 2 heterocycles. The van der Waals surface area contributed by atoms with Gasteiger partial charge in [-0.25, -0.2) is 4.39 Å². The van der Waals surface area contributed by atoms with Crippen LogP contribution in [-0.4, -0.2) is 21.2 Å². The molecule has 3 saturated carbocycles. The van der Waals surface area contributed by atoms with Crippen LogP contribution in [0.3, 0.4) is 0 Å². The van der Waals surface area contributed by atoms with Gasteiger partial charge in [0.2, 0.25) is 0 Å². The van der Waals surface area contributed by atoms with Crippen LogP contribution in [0.1, 0.15) is 35.7 Å². The van der Waals surface area contributed by atoms with Gasteiger partial charge in [0.1, 0.15) is 23.0 Å². The second-order valence-corrected chi connectivity index (χ2v) is 9.25. The van der Waals surface area contributed by atoms with Crippen molar-refractivity contribution >= 4 is 17.2 Å². The van der Waals surface area contributed by atoms with Crippen molar-refractivity contribution in [2.24, 2.45) is 23.7 Å². The summed E-state index contributed by atoms with van der Waals surface area (Å²) in [4.78, 5) is 0. The van der Waals surface area contributed by atoms with Crippen molar-refractivity contribution in [1.29, 1.82) is 0 Å². The number of nitrogens with zero attached hydrogens (tertiary/aromatic N) is 3. The highest BCUT2D eigenvalue weighted by Crippen LogP contribution is 2.69. The lowest BCUT2D eigenvalue weighted by Crippen LogP contribution is -2.13. The van der Waals surface area contributed by atoms with Crippen LogP contribution in [0.4, 0.5) is 17.6 Å².